The lowest BCUT2D eigenvalue weighted by molar-refractivity contribution is -0.138. The van der Waals surface area contributed by atoms with Gasteiger partial charge < -0.3 is 16.8 Å². The van der Waals surface area contributed by atoms with Crippen LogP contribution in [0, 0.1) is 0 Å². The monoisotopic (exact) mass is 321 g/mol. The van der Waals surface area contributed by atoms with Gasteiger partial charge in [-0.05, 0) is 18.6 Å². The van der Waals surface area contributed by atoms with Crippen LogP contribution in [0.4, 0.5) is 4.79 Å². The highest BCUT2D eigenvalue weighted by atomic mass is 16.2. The normalized spacial score (nSPS) is 13.0. The zero-order valence-electron chi connectivity index (χ0n) is 13.4. The number of nitrogens with one attached hydrogen (secondary N) is 1. The van der Waals surface area contributed by atoms with E-state index in [2.05, 4.69) is 10.3 Å². The van der Waals surface area contributed by atoms with Gasteiger partial charge in [0.1, 0.15) is 0 Å². The van der Waals surface area contributed by atoms with Gasteiger partial charge in [0.05, 0.1) is 0 Å². The summed E-state index contributed by atoms with van der Waals surface area (Å²) < 4.78 is 0. The summed E-state index contributed by atoms with van der Waals surface area (Å²) in [6.45, 7) is 3.39. The molecule has 1 heterocycles. The molecule has 0 aromatic carbocycles. The second-order valence-electron chi connectivity index (χ2n) is 5.04. The maximum absolute atomic E-state index is 12.0. The molecule has 4 amide bonds. The first-order chi connectivity index (χ1) is 10.9. The fourth-order valence-electron chi connectivity index (χ4n) is 2.30. The number of amides is 4. The van der Waals surface area contributed by atoms with Crippen molar-refractivity contribution in [3.8, 4) is 0 Å². The van der Waals surface area contributed by atoms with Gasteiger partial charge in [0.15, 0.2) is 5.66 Å². The lowest BCUT2D eigenvalue weighted by Gasteiger charge is -2.40. The minimum atomic E-state index is -1.65. The lowest BCUT2D eigenvalue weighted by Crippen LogP contribution is -2.69. The second-order valence-corrected chi connectivity index (χ2v) is 5.04. The first-order valence-corrected chi connectivity index (χ1v) is 7.45. The molecule has 0 radical (unpaired) electrons. The molecule has 0 saturated carbocycles. The highest BCUT2D eigenvalue weighted by molar-refractivity contribution is 5.93. The smallest absolute Gasteiger partial charge is 0.317 e. The standard InChI is InChI=1S/C15H23N5O3/c1-3-12(21)19-15(4-2,13(16)22)20(14(17)23)10-8-11-7-5-6-9-18-11/h5-7,9H,3-4,8,10H2,1-2H3,(H2,16,22)(H2,17,23)(H,19,21). The van der Waals surface area contributed by atoms with Crippen LogP contribution < -0.4 is 16.8 Å². The van der Waals surface area contributed by atoms with Crippen LogP contribution in [-0.4, -0.2) is 39.9 Å². The zero-order chi connectivity index (χ0) is 17.5. The van der Waals surface area contributed by atoms with Crippen LogP contribution >= 0.6 is 0 Å². The third kappa shape index (κ3) is 4.41. The van der Waals surface area contributed by atoms with Gasteiger partial charge in [-0.2, -0.15) is 0 Å². The average molecular weight is 321 g/mol. The van der Waals surface area contributed by atoms with Crippen molar-refractivity contribution in [1.29, 1.82) is 0 Å². The van der Waals surface area contributed by atoms with E-state index in [0.29, 0.717) is 6.42 Å². The van der Waals surface area contributed by atoms with Crippen LogP contribution in [0.3, 0.4) is 0 Å². The average Bonchev–Trinajstić information content (AvgIpc) is 2.53. The van der Waals surface area contributed by atoms with Crippen LogP contribution in [0.1, 0.15) is 32.4 Å². The summed E-state index contributed by atoms with van der Waals surface area (Å²) in [6, 6.07) is 4.55. The quantitative estimate of drug-likeness (QED) is 0.587. The number of pyridine rings is 1. The molecule has 5 N–H and O–H groups in total. The Morgan fingerprint density at radius 2 is 1.96 bits per heavy atom. The van der Waals surface area contributed by atoms with Gasteiger partial charge in [0.25, 0.3) is 5.91 Å². The van der Waals surface area contributed by atoms with Crippen molar-refractivity contribution in [3.63, 3.8) is 0 Å². The fraction of sp³-hybridized carbons (Fsp3) is 0.467. The number of nitrogens with zero attached hydrogens (tertiary/aromatic N) is 2. The Kier molecular flexibility index (Phi) is 6.49. The van der Waals surface area contributed by atoms with E-state index in [4.69, 9.17) is 11.5 Å². The van der Waals surface area contributed by atoms with Crippen molar-refractivity contribution in [3.05, 3.63) is 30.1 Å². The van der Waals surface area contributed by atoms with Crippen molar-refractivity contribution in [2.45, 2.75) is 38.8 Å². The van der Waals surface area contributed by atoms with Crippen molar-refractivity contribution >= 4 is 17.8 Å². The second kappa shape index (κ2) is 8.11. The fourth-order valence-corrected chi connectivity index (χ4v) is 2.30. The SMILES string of the molecule is CCC(=O)NC(CC)(C(N)=O)N(CCc1ccccn1)C(N)=O. The van der Waals surface area contributed by atoms with Crippen molar-refractivity contribution in [2.24, 2.45) is 11.5 Å². The molecule has 126 valence electrons. The minimum absolute atomic E-state index is 0.104. The number of hydrogen-bond acceptors (Lipinski definition) is 4. The van der Waals surface area contributed by atoms with E-state index in [-0.39, 0.29) is 19.4 Å². The molecule has 0 fully saturated rings. The molecule has 0 aliphatic heterocycles. The van der Waals surface area contributed by atoms with Gasteiger partial charge >= 0.3 is 6.03 Å². The molecule has 1 atom stereocenters. The number of primary amides is 2. The zero-order valence-corrected chi connectivity index (χ0v) is 13.4. The third-order valence-electron chi connectivity index (χ3n) is 3.63. The summed E-state index contributed by atoms with van der Waals surface area (Å²) in [7, 11) is 0. The van der Waals surface area contributed by atoms with Gasteiger partial charge in [-0.25, -0.2) is 4.79 Å². The molecule has 0 aliphatic carbocycles. The van der Waals surface area contributed by atoms with Crippen LogP contribution in [0.2, 0.25) is 0 Å². The van der Waals surface area contributed by atoms with Crippen LogP contribution in [0.5, 0.6) is 0 Å². The molecule has 1 unspecified atom stereocenters. The molecule has 1 aromatic heterocycles. The number of carbonyl (C=O) groups excluding carboxylic acids is 3. The molecule has 1 rings (SSSR count). The van der Waals surface area contributed by atoms with Crippen LogP contribution in [0.15, 0.2) is 24.4 Å². The molecule has 23 heavy (non-hydrogen) atoms. The van der Waals surface area contributed by atoms with Crippen molar-refractivity contribution in [2.75, 3.05) is 6.54 Å². The van der Waals surface area contributed by atoms with E-state index in [1.165, 1.54) is 0 Å². The van der Waals surface area contributed by atoms with E-state index in [0.717, 1.165) is 10.6 Å². The molecule has 8 nitrogen and oxygen atoms in total. The van der Waals surface area contributed by atoms with E-state index < -0.39 is 23.5 Å². The highest BCUT2D eigenvalue weighted by Crippen LogP contribution is 2.18. The molecular formula is C15H23N5O3. The minimum Gasteiger partial charge on any atom is -0.366 e. The predicted octanol–water partition coefficient (Wildman–Crippen LogP) is 0.123. The largest absolute Gasteiger partial charge is 0.366 e. The van der Waals surface area contributed by atoms with E-state index in [1.54, 1.807) is 32.2 Å². The van der Waals surface area contributed by atoms with E-state index >= 15 is 0 Å². The maximum Gasteiger partial charge on any atom is 0.317 e. The first-order valence-electron chi connectivity index (χ1n) is 7.45. The molecule has 8 heteroatoms. The van der Waals surface area contributed by atoms with Gasteiger partial charge in [0, 0.05) is 31.3 Å². The molecule has 0 saturated heterocycles. The van der Waals surface area contributed by atoms with E-state index in [1.807, 2.05) is 6.07 Å². The third-order valence-corrected chi connectivity index (χ3v) is 3.63. The summed E-state index contributed by atoms with van der Waals surface area (Å²) in [5.74, 6) is -1.23. The number of rotatable bonds is 8. The summed E-state index contributed by atoms with van der Waals surface area (Å²) in [6.07, 6.45) is 2.27. The Balaban J connectivity index is 3.07. The highest BCUT2D eigenvalue weighted by Gasteiger charge is 2.44. The van der Waals surface area contributed by atoms with Crippen LogP contribution in [-0.2, 0) is 16.0 Å². The summed E-state index contributed by atoms with van der Waals surface area (Å²) >= 11 is 0. The number of nitrogens with two attached hydrogens (primary N) is 2. The molecular weight excluding hydrogens is 298 g/mol. The number of carbonyl (C=O) groups is 3. The van der Waals surface area contributed by atoms with Gasteiger partial charge in [0.2, 0.25) is 5.91 Å². The summed E-state index contributed by atoms with van der Waals surface area (Å²) in [4.78, 5) is 40.9. The topological polar surface area (TPSA) is 131 Å². The predicted molar refractivity (Wildman–Crippen MR) is 84.9 cm³/mol. The van der Waals surface area contributed by atoms with Gasteiger partial charge in [-0.3, -0.25) is 19.5 Å². The molecule has 1 aromatic rings. The van der Waals surface area contributed by atoms with Crippen molar-refractivity contribution < 1.29 is 14.4 Å². The van der Waals surface area contributed by atoms with Gasteiger partial charge in [-0.15, -0.1) is 0 Å². The number of urea groups is 1. The lowest BCUT2D eigenvalue weighted by atomic mass is 10.0. The van der Waals surface area contributed by atoms with Crippen LogP contribution in [0.25, 0.3) is 0 Å². The first kappa shape index (κ1) is 18.4. The molecule has 0 bridgehead atoms. The van der Waals surface area contributed by atoms with Gasteiger partial charge in [-0.1, -0.05) is 19.9 Å². The molecule has 0 spiro atoms. The summed E-state index contributed by atoms with van der Waals surface area (Å²) in [5, 5.41) is 2.54. The Bertz CT molecular complexity index is 563. The Labute approximate surface area is 135 Å². The maximum atomic E-state index is 12.0. The number of hydrogen-bond donors (Lipinski definition) is 3. The molecule has 0 aliphatic rings. The van der Waals surface area contributed by atoms with Crippen molar-refractivity contribution in [1.82, 2.24) is 15.2 Å². The Hall–Kier alpha value is -2.64. The van der Waals surface area contributed by atoms with E-state index in [9.17, 15) is 14.4 Å². The summed E-state index contributed by atoms with van der Waals surface area (Å²) in [5.41, 5.74) is 9.99. The Morgan fingerprint density at radius 1 is 1.26 bits per heavy atom. The number of aromatic nitrogens is 1. The Morgan fingerprint density at radius 3 is 2.39 bits per heavy atom.